The first-order chi connectivity index (χ1) is 9.51. The molecule has 0 aliphatic rings. The van der Waals surface area contributed by atoms with Crippen molar-refractivity contribution in [2.24, 2.45) is 0 Å². The molecule has 0 saturated heterocycles. The average Bonchev–Trinajstić information content (AvgIpc) is 2.40. The summed E-state index contributed by atoms with van der Waals surface area (Å²) in [6.45, 7) is 4.94. The summed E-state index contributed by atoms with van der Waals surface area (Å²) in [5, 5.41) is 3.46. The third-order valence-electron chi connectivity index (χ3n) is 3.18. The van der Waals surface area contributed by atoms with E-state index < -0.39 is 0 Å². The van der Waals surface area contributed by atoms with E-state index in [2.05, 4.69) is 75.3 Å². The second-order valence-electron chi connectivity index (χ2n) is 4.74. The Labute approximate surface area is 136 Å². The van der Waals surface area contributed by atoms with Crippen LogP contribution in [0.15, 0.2) is 39.3 Å². The van der Waals surface area contributed by atoms with Crippen molar-refractivity contribution < 1.29 is 4.74 Å². The molecule has 0 amide bonds. The monoisotopic (exact) mass is 397 g/mol. The maximum atomic E-state index is 5.44. The van der Waals surface area contributed by atoms with E-state index in [9.17, 15) is 0 Å². The van der Waals surface area contributed by atoms with Crippen LogP contribution in [-0.4, -0.2) is 7.11 Å². The summed E-state index contributed by atoms with van der Waals surface area (Å²) in [5.74, 6) is 0.853. The molecule has 0 aliphatic carbocycles. The van der Waals surface area contributed by atoms with Crippen molar-refractivity contribution in [3.63, 3.8) is 0 Å². The second-order valence-corrected chi connectivity index (χ2v) is 6.51. The highest BCUT2D eigenvalue weighted by Crippen LogP contribution is 2.32. The molecule has 2 nitrogen and oxygen atoms in total. The molecule has 1 N–H and O–H groups in total. The highest BCUT2D eigenvalue weighted by atomic mass is 79.9. The molecule has 2 aromatic rings. The SMILES string of the molecule is COc1cc(Br)cc(C)c1NCc1ccc(Br)c(C)c1. The summed E-state index contributed by atoms with van der Waals surface area (Å²) in [6, 6.07) is 10.4. The van der Waals surface area contributed by atoms with Crippen LogP contribution in [0.5, 0.6) is 5.75 Å². The lowest BCUT2D eigenvalue weighted by molar-refractivity contribution is 0.416. The Kier molecular flexibility index (Phi) is 5.11. The van der Waals surface area contributed by atoms with Gasteiger partial charge in [-0.2, -0.15) is 0 Å². The van der Waals surface area contributed by atoms with Crippen LogP contribution < -0.4 is 10.1 Å². The number of aryl methyl sites for hydroxylation is 2. The zero-order valence-electron chi connectivity index (χ0n) is 11.8. The van der Waals surface area contributed by atoms with Crippen molar-refractivity contribution >= 4 is 37.5 Å². The van der Waals surface area contributed by atoms with Gasteiger partial charge in [0.15, 0.2) is 0 Å². The van der Waals surface area contributed by atoms with Gasteiger partial charge in [0.1, 0.15) is 5.75 Å². The first-order valence-electron chi connectivity index (χ1n) is 6.34. The number of halogens is 2. The predicted octanol–water partition coefficient (Wildman–Crippen LogP) is 5.45. The summed E-state index contributed by atoms with van der Waals surface area (Å²) in [5.41, 5.74) is 4.68. The fraction of sp³-hybridized carbons (Fsp3) is 0.250. The Morgan fingerprint density at radius 2 is 1.80 bits per heavy atom. The van der Waals surface area contributed by atoms with Gasteiger partial charge in [-0.25, -0.2) is 0 Å². The molecule has 2 rings (SSSR count). The standard InChI is InChI=1S/C16H17Br2NO/c1-10-6-12(4-5-14(10)18)9-19-16-11(2)7-13(17)8-15(16)20-3/h4-8,19H,9H2,1-3H3. The van der Waals surface area contributed by atoms with E-state index in [1.165, 1.54) is 11.1 Å². The van der Waals surface area contributed by atoms with Gasteiger partial charge in [-0.1, -0.05) is 44.0 Å². The maximum Gasteiger partial charge on any atom is 0.143 e. The third kappa shape index (κ3) is 3.55. The highest BCUT2D eigenvalue weighted by Gasteiger charge is 2.08. The van der Waals surface area contributed by atoms with Gasteiger partial charge >= 0.3 is 0 Å². The fourth-order valence-electron chi connectivity index (χ4n) is 2.11. The summed E-state index contributed by atoms with van der Waals surface area (Å²) in [7, 11) is 1.69. The summed E-state index contributed by atoms with van der Waals surface area (Å²) in [6.07, 6.45) is 0. The maximum absolute atomic E-state index is 5.44. The number of hydrogen-bond acceptors (Lipinski definition) is 2. The second kappa shape index (κ2) is 6.64. The van der Waals surface area contributed by atoms with Gasteiger partial charge in [-0.05, 0) is 48.7 Å². The van der Waals surface area contributed by atoms with Crippen molar-refractivity contribution in [1.29, 1.82) is 0 Å². The molecule has 0 bridgehead atoms. The number of anilines is 1. The first kappa shape index (κ1) is 15.4. The number of ether oxygens (including phenoxy) is 1. The van der Waals surface area contributed by atoms with E-state index in [-0.39, 0.29) is 0 Å². The van der Waals surface area contributed by atoms with Gasteiger partial charge in [0.05, 0.1) is 12.8 Å². The Morgan fingerprint density at radius 1 is 1.05 bits per heavy atom. The molecule has 0 radical (unpaired) electrons. The van der Waals surface area contributed by atoms with Gasteiger partial charge in [0, 0.05) is 15.5 Å². The Morgan fingerprint density at radius 3 is 2.45 bits per heavy atom. The van der Waals surface area contributed by atoms with Crippen molar-refractivity contribution in [3.05, 3.63) is 56.0 Å². The lowest BCUT2D eigenvalue weighted by Gasteiger charge is -2.15. The third-order valence-corrected chi connectivity index (χ3v) is 4.52. The lowest BCUT2D eigenvalue weighted by Crippen LogP contribution is -2.03. The van der Waals surface area contributed by atoms with Crippen LogP contribution >= 0.6 is 31.9 Å². The normalized spacial score (nSPS) is 10.4. The van der Waals surface area contributed by atoms with Gasteiger partial charge < -0.3 is 10.1 Å². The molecule has 0 heterocycles. The van der Waals surface area contributed by atoms with E-state index in [0.29, 0.717) is 0 Å². The molecule has 20 heavy (non-hydrogen) atoms. The van der Waals surface area contributed by atoms with Gasteiger partial charge in [0.25, 0.3) is 0 Å². The molecule has 0 spiro atoms. The van der Waals surface area contributed by atoms with E-state index >= 15 is 0 Å². The molecule has 0 atom stereocenters. The summed E-state index contributed by atoms with van der Waals surface area (Å²) < 4.78 is 7.60. The molecule has 0 saturated carbocycles. The average molecular weight is 399 g/mol. The quantitative estimate of drug-likeness (QED) is 0.739. The Hall–Kier alpha value is -1.00. The largest absolute Gasteiger partial charge is 0.495 e. The van der Waals surface area contributed by atoms with Crippen molar-refractivity contribution in [1.82, 2.24) is 0 Å². The van der Waals surface area contributed by atoms with Gasteiger partial charge in [0.2, 0.25) is 0 Å². The van der Waals surface area contributed by atoms with Crippen LogP contribution in [0.1, 0.15) is 16.7 Å². The van der Waals surface area contributed by atoms with Crippen molar-refractivity contribution in [2.45, 2.75) is 20.4 Å². The molecular formula is C16H17Br2NO. The molecule has 106 valence electrons. The van der Waals surface area contributed by atoms with E-state index in [4.69, 9.17) is 4.74 Å². The Balaban J connectivity index is 2.20. The number of methoxy groups -OCH3 is 1. The topological polar surface area (TPSA) is 21.3 Å². The van der Waals surface area contributed by atoms with Crippen LogP contribution in [0.4, 0.5) is 5.69 Å². The molecular weight excluding hydrogens is 382 g/mol. The van der Waals surface area contributed by atoms with Crippen LogP contribution in [0, 0.1) is 13.8 Å². The van der Waals surface area contributed by atoms with Crippen LogP contribution in [0.25, 0.3) is 0 Å². The predicted molar refractivity (Wildman–Crippen MR) is 91.6 cm³/mol. The number of nitrogens with one attached hydrogen (secondary N) is 1. The fourth-order valence-corrected chi connectivity index (χ4v) is 2.91. The minimum absolute atomic E-state index is 0.771. The molecule has 0 aliphatic heterocycles. The minimum atomic E-state index is 0.771. The molecule has 0 fully saturated rings. The lowest BCUT2D eigenvalue weighted by atomic mass is 10.1. The molecule has 0 unspecified atom stereocenters. The zero-order chi connectivity index (χ0) is 14.7. The van der Waals surface area contributed by atoms with Crippen LogP contribution in [-0.2, 0) is 6.54 Å². The van der Waals surface area contributed by atoms with Crippen molar-refractivity contribution in [2.75, 3.05) is 12.4 Å². The van der Waals surface area contributed by atoms with E-state index in [1.807, 2.05) is 6.07 Å². The van der Waals surface area contributed by atoms with Crippen molar-refractivity contribution in [3.8, 4) is 5.75 Å². The molecule has 0 aromatic heterocycles. The summed E-state index contributed by atoms with van der Waals surface area (Å²) >= 11 is 7.01. The zero-order valence-corrected chi connectivity index (χ0v) is 14.9. The van der Waals surface area contributed by atoms with Gasteiger partial charge in [-0.15, -0.1) is 0 Å². The number of benzene rings is 2. The minimum Gasteiger partial charge on any atom is -0.495 e. The van der Waals surface area contributed by atoms with Crippen LogP contribution in [0.2, 0.25) is 0 Å². The van der Waals surface area contributed by atoms with E-state index in [1.54, 1.807) is 7.11 Å². The number of hydrogen-bond donors (Lipinski definition) is 1. The smallest absolute Gasteiger partial charge is 0.143 e. The molecule has 2 aromatic carbocycles. The summed E-state index contributed by atoms with van der Waals surface area (Å²) in [4.78, 5) is 0. The molecule has 4 heteroatoms. The Bertz CT molecular complexity index is 626. The first-order valence-corrected chi connectivity index (χ1v) is 7.93. The van der Waals surface area contributed by atoms with E-state index in [0.717, 1.165) is 32.5 Å². The highest BCUT2D eigenvalue weighted by molar-refractivity contribution is 9.10. The van der Waals surface area contributed by atoms with Crippen LogP contribution in [0.3, 0.4) is 0 Å². The number of rotatable bonds is 4. The van der Waals surface area contributed by atoms with Gasteiger partial charge in [-0.3, -0.25) is 0 Å².